The fraction of sp³-hybridized carbons (Fsp3) is 0.208. The first-order valence-corrected chi connectivity index (χ1v) is 11.9. The van der Waals surface area contributed by atoms with Crippen LogP contribution in [-0.4, -0.2) is 49.7 Å². The molecule has 1 saturated heterocycles. The average Bonchev–Trinajstić information content (AvgIpc) is 2.82. The summed E-state index contributed by atoms with van der Waals surface area (Å²) in [5.41, 5.74) is 1.16. The summed E-state index contributed by atoms with van der Waals surface area (Å²) in [6.07, 6.45) is 0. The van der Waals surface area contributed by atoms with Gasteiger partial charge < -0.3 is 5.32 Å². The van der Waals surface area contributed by atoms with Gasteiger partial charge in [0.2, 0.25) is 10.0 Å². The van der Waals surface area contributed by atoms with Crippen LogP contribution < -0.4 is 5.32 Å². The molecule has 1 aliphatic heterocycles. The highest BCUT2D eigenvalue weighted by Gasteiger charge is 2.29. The van der Waals surface area contributed by atoms with Gasteiger partial charge in [0, 0.05) is 38.3 Å². The molecular formula is C24H23F2N3O3S. The van der Waals surface area contributed by atoms with Gasteiger partial charge in [-0.1, -0.05) is 30.3 Å². The van der Waals surface area contributed by atoms with Crippen LogP contribution in [0.5, 0.6) is 0 Å². The van der Waals surface area contributed by atoms with Gasteiger partial charge in [-0.05, 0) is 48.0 Å². The highest BCUT2D eigenvalue weighted by Crippen LogP contribution is 2.24. The number of rotatable bonds is 6. The normalized spacial score (nSPS) is 15.3. The van der Waals surface area contributed by atoms with Gasteiger partial charge in [-0.2, -0.15) is 4.31 Å². The molecule has 0 aromatic heterocycles. The summed E-state index contributed by atoms with van der Waals surface area (Å²) in [5.74, 6) is -1.98. The van der Waals surface area contributed by atoms with Gasteiger partial charge >= 0.3 is 0 Å². The Morgan fingerprint density at radius 1 is 0.879 bits per heavy atom. The van der Waals surface area contributed by atoms with Crippen molar-refractivity contribution in [3.05, 3.63) is 95.6 Å². The van der Waals surface area contributed by atoms with Crippen molar-refractivity contribution in [2.45, 2.75) is 11.4 Å². The van der Waals surface area contributed by atoms with Crippen LogP contribution in [-0.2, 0) is 16.6 Å². The Morgan fingerprint density at radius 2 is 1.55 bits per heavy atom. The quantitative estimate of drug-likeness (QED) is 0.595. The third-order valence-corrected chi connectivity index (χ3v) is 7.41. The van der Waals surface area contributed by atoms with E-state index in [4.69, 9.17) is 0 Å². The van der Waals surface area contributed by atoms with Gasteiger partial charge in [-0.15, -0.1) is 0 Å². The second-order valence-corrected chi connectivity index (χ2v) is 9.71. The standard InChI is InChI=1S/C24H23F2N3O3S/c25-20-8-6-19(7-9-20)24(30)27-23-11-10-21(16-22(23)26)33(31,32)29-14-12-28(13-15-29)17-18-4-2-1-3-5-18/h1-11,16H,12-15,17H2,(H,27,30). The summed E-state index contributed by atoms with van der Waals surface area (Å²) in [4.78, 5) is 14.2. The molecule has 0 saturated carbocycles. The smallest absolute Gasteiger partial charge is 0.255 e. The fourth-order valence-electron chi connectivity index (χ4n) is 3.67. The van der Waals surface area contributed by atoms with Crippen molar-refractivity contribution in [1.82, 2.24) is 9.21 Å². The minimum Gasteiger partial charge on any atom is -0.319 e. The molecule has 3 aromatic rings. The first-order chi connectivity index (χ1) is 15.8. The average molecular weight is 472 g/mol. The van der Waals surface area contributed by atoms with E-state index in [0.29, 0.717) is 26.2 Å². The number of sulfonamides is 1. The predicted octanol–water partition coefficient (Wildman–Crippen LogP) is 3.72. The molecule has 0 unspecified atom stereocenters. The number of piperazine rings is 1. The van der Waals surface area contributed by atoms with Crippen molar-refractivity contribution in [2.24, 2.45) is 0 Å². The zero-order chi connectivity index (χ0) is 23.4. The van der Waals surface area contributed by atoms with E-state index in [1.807, 2.05) is 30.3 Å². The van der Waals surface area contributed by atoms with E-state index in [1.54, 1.807) is 0 Å². The number of carbonyl (C=O) groups excluding carboxylic acids is 1. The van der Waals surface area contributed by atoms with Gasteiger partial charge in [0.25, 0.3) is 5.91 Å². The van der Waals surface area contributed by atoms with E-state index in [0.717, 1.165) is 30.3 Å². The molecule has 1 N–H and O–H groups in total. The topological polar surface area (TPSA) is 69.7 Å². The Morgan fingerprint density at radius 3 is 2.18 bits per heavy atom. The highest BCUT2D eigenvalue weighted by molar-refractivity contribution is 7.89. The maximum Gasteiger partial charge on any atom is 0.255 e. The van der Waals surface area contributed by atoms with E-state index in [9.17, 15) is 22.0 Å². The molecule has 0 atom stereocenters. The summed E-state index contributed by atoms with van der Waals surface area (Å²) in [6, 6.07) is 18.2. The summed E-state index contributed by atoms with van der Waals surface area (Å²) in [5, 5.41) is 2.38. The monoisotopic (exact) mass is 471 g/mol. The molecule has 0 aliphatic carbocycles. The van der Waals surface area contributed by atoms with Gasteiger partial charge in [0.1, 0.15) is 11.6 Å². The highest BCUT2D eigenvalue weighted by atomic mass is 32.2. The van der Waals surface area contributed by atoms with E-state index in [1.165, 1.54) is 28.6 Å². The van der Waals surface area contributed by atoms with Crippen molar-refractivity contribution >= 4 is 21.6 Å². The summed E-state index contributed by atoms with van der Waals surface area (Å²) in [7, 11) is -3.87. The lowest BCUT2D eigenvalue weighted by Crippen LogP contribution is -2.48. The minimum atomic E-state index is -3.87. The number of hydrogen-bond acceptors (Lipinski definition) is 4. The molecule has 6 nitrogen and oxygen atoms in total. The van der Waals surface area contributed by atoms with Gasteiger partial charge in [0.05, 0.1) is 10.6 Å². The minimum absolute atomic E-state index is 0.154. The third kappa shape index (κ3) is 5.44. The first-order valence-electron chi connectivity index (χ1n) is 10.5. The lowest BCUT2D eigenvalue weighted by Gasteiger charge is -2.34. The predicted molar refractivity (Wildman–Crippen MR) is 121 cm³/mol. The maximum absolute atomic E-state index is 14.6. The van der Waals surface area contributed by atoms with Crippen molar-refractivity contribution in [3.8, 4) is 0 Å². The van der Waals surface area contributed by atoms with E-state index < -0.39 is 27.6 Å². The molecule has 0 bridgehead atoms. The van der Waals surface area contributed by atoms with Crippen LogP contribution in [0.2, 0.25) is 0 Å². The SMILES string of the molecule is O=C(Nc1ccc(S(=O)(=O)N2CCN(Cc3ccccc3)CC2)cc1F)c1ccc(F)cc1. The lowest BCUT2D eigenvalue weighted by molar-refractivity contribution is 0.102. The molecule has 0 spiro atoms. The summed E-state index contributed by atoms with van der Waals surface area (Å²) in [6.45, 7) is 2.50. The molecule has 1 heterocycles. The van der Waals surface area contributed by atoms with Gasteiger partial charge in [-0.25, -0.2) is 17.2 Å². The van der Waals surface area contributed by atoms with Crippen LogP contribution >= 0.6 is 0 Å². The van der Waals surface area contributed by atoms with E-state index in [2.05, 4.69) is 10.2 Å². The Kier molecular flexibility index (Phi) is 6.83. The Balaban J connectivity index is 1.40. The number of amides is 1. The van der Waals surface area contributed by atoms with Crippen molar-refractivity contribution in [2.75, 3.05) is 31.5 Å². The fourth-order valence-corrected chi connectivity index (χ4v) is 5.11. The summed E-state index contributed by atoms with van der Waals surface area (Å²) >= 11 is 0. The van der Waals surface area contributed by atoms with Crippen LogP contribution in [0, 0.1) is 11.6 Å². The molecule has 172 valence electrons. The van der Waals surface area contributed by atoms with Gasteiger partial charge in [0.15, 0.2) is 0 Å². The molecule has 9 heteroatoms. The third-order valence-electron chi connectivity index (χ3n) is 5.51. The number of nitrogens with zero attached hydrogens (tertiary/aromatic N) is 2. The van der Waals surface area contributed by atoms with Crippen molar-refractivity contribution in [3.63, 3.8) is 0 Å². The molecule has 33 heavy (non-hydrogen) atoms. The Bertz CT molecular complexity index is 1230. The number of halogens is 2. The van der Waals surface area contributed by atoms with Gasteiger partial charge in [-0.3, -0.25) is 9.69 Å². The molecule has 1 aliphatic rings. The number of anilines is 1. The maximum atomic E-state index is 14.6. The zero-order valence-corrected chi connectivity index (χ0v) is 18.6. The number of nitrogens with one attached hydrogen (secondary N) is 1. The van der Waals surface area contributed by atoms with Crippen LogP contribution in [0.4, 0.5) is 14.5 Å². The van der Waals surface area contributed by atoms with Crippen LogP contribution in [0.1, 0.15) is 15.9 Å². The largest absolute Gasteiger partial charge is 0.319 e. The summed E-state index contributed by atoms with van der Waals surface area (Å²) < 4.78 is 55.0. The zero-order valence-electron chi connectivity index (χ0n) is 17.7. The Labute approximate surface area is 191 Å². The number of hydrogen-bond donors (Lipinski definition) is 1. The molecule has 3 aromatic carbocycles. The van der Waals surface area contributed by atoms with Crippen molar-refractivity contribution < 1.29 is 22.0 Å². The van der Waals surface area contributed by atoms with Crippen LogP contribution in [0.25, 0.3) is 0 Å². The Hall–Kier alpha value is -3.14. The number of benzene rings is 3. The molecule has 1 amide bonds. The van der Waals surface area contributed by atoms with E-state index in [-0.39, 0.29) is 16.1 Å². The first kappa shape index (κ1) is 23.0. The van der Waals surface area contributed by atoms with Crippen LogP contribution in [0.3, 0.4) is 0 Å². The lowest BCUT2D eigenvalue weighted by atomic mass is 10.2. The molecule has 0 radical (unpaired) electrons. The second-order valence-electron chi connectivity index (χ2n) is 7.77. The second kappa shape index (κ2) is 9.78. The molecule has 1 fully saturated rings. The number of carbonyl (C=O) groups is 1. The molecule has 4 rings (SSSR count). The van der Waals surface area contributed by atoms with E-state index >= 15 is 0 Å². The molecular weight excluding hydrogens is 448 g/mol. The van der Waals surface area contributed by atoms with Crippen LogP contribution in [0.15, 0.2) is 77.7 Å². The van der Waals surface area contributed by atoms with Crippen molar-refractivity contribution in [1.29, 1.82) is 0 Å².